The fourth-order valence-electron chi connectivity index (χ4n) is 3.71. The summed E-state index contributed by atoms with van der Waals surface area (Å²) in [6, 6.07) is -1.17. The van der Waals surface area contributed by atoms with E-state index in [9.17, 15) is 33.9 Å². The Labute approximate surface area is 263 Å². The maximum Gasteiger partial charge on any atom is 0.352 e. The van der Waals surface area contributed by atoms with Gasteiger partial charge in [-0.25, -0.2) is 24.4 Å². The lowest BCUT2D eigenvalue weighted by Crippen LogP contribution is -2.71. The second-order valence-corrected chi connectivity index (χ2v) is 11.4. The van der Waals surface area contributed by atoms with Gasteiger partial charge in [-0.3, -0.25) is 24.6 Å². The number of nitrogens with zero attached hydrogens (tertiary/aromatic N) is 5. The smallest absolute Gasteiger partial charge is 0.352 e. The van der Waals surface area contributed by atoms with Crippen LogP contribution < -0.4 is 16.4 Å². The van der Waals surface area contributed by atoms with Gasteiger partial charge in [0.2, 0.25) is 13.2 Å². The normalized spacial score (nSPS) is 18.0. The van der Waals surface area contributed by atoms with Gasteiger partial charge >= 0.3 is 17.9 Å². The van der Waals surface area contributed by atoms with Crippen LogP contribution in [0.1, 0.15) is 11.4 Å². The predicted molar refractivity (Wildman–Crippen MR) is 157 cm³/mol. The molecule has 236 valence electrons. The van der Waals surface area contributed by atoms with Crippen molar-refractivity contribution < 1.29 is 53.8 Å². The van der Waals surface area contributed by atoms with Gasteiger partial charge in [0.15, 0.2) is 21.7 Å². The maximum absolute atomic E-state index is 13.3. The second kappa shape index (κ2) is 14.0. The molecule has 4 heterocycles. The number of oxime groups is 2. The lowest BCUT2D eigenvalue weighted by molar-refractivity contribution is -0.150. The Bertz CT molecular complexity index is 1680. The standard InChI is InChI=1S/C23H20N8O11S3/c1-2-8-5-43-20-15(19(38)31(20)16(8)21(39)40)27-17(36)14(30-42-4-12(34)35)10-7-45-23(26-10)28-18(37)13(29-41-3-11(32)33)9-6-44-22(24)25-9/h2,6-7,15,20H,1,3-5H2,(H2,24,25)(H,27,36)(H,32,33)(H,34,35)(H,39,40)(H,26,28,37)/b29-13-,30-14-/t15-,20-/m1/s1. The fraction of sp³-hybridized carbons (Fsp3) is 0.217. The number of aliphatic carboxylic acids is 3. The van der Waals surface area contributed by atoms with E-state index in [0.29, 0.717) is 5.57 Å². The van der Waals surface area contributed by atoms with Gasteiger partial charge in [-0.05, 0) is 5.57 Å². The zero-order valence-electron chi connectivity index (χ0n) is 22.4. The number of aromatic nitrogens is 2. The monoisotopic (exact) mass is 680 g/mol. The summed E-state index contributed by atoms with van der Waals surface area (Å²) < 4.78 is 0. The van der Waals surface area contributed by atoms with Crippen molar-refractivity contribution in [2.45, 2.75) is 11.4 Å². The molecule has 1 fully saturated rings. The molecule has 1 saturated heterocycles. The Balaban J connectivity index is 1.53. The van der Waals surface area contributed by atoms with Gasteiger partial charge in [0.25, 0.3) is 17.7 Å². The molecule has 2 atom stereocenters. The number of amides is 3. The Kier molecular flexibility index (Phi) is 10.1. The Morgan fingerprint density at radius 2 is 1.62 bits per heavy atom. The molecule has 2 aromatic heterocycles. The zero-order chi connectivity index (χ0) is 32.8. The largest absolute Gasteiger partial charge is 0.479 e. The van der Waals surface area contributed by atoms with Crippen molar-refractivity contribution in [3.8, 4) is 0 Å². The average molecular weight is 681 g/mol. The van der Waals surface area contributed by atoms with Crippen LogP contribution in [0.25, 0.3) is 0 Å². The number of nitrogens with two attached hydrogens (primary N) is 1. The molecule has 2 aromatic rings. The summed E-state index contributed by atoms with van der Waals surface area (Å²) in [4.78, 5) is 91.1. The molecule has 0 spiro atoms. The third-order valence-corrected chi connectivity index (χ3v) is 8.32. The number of hydrogen-bond acceptors (Lipinski definition) is 16. The van der Waals surface area contributed by atoms with Gasteiger partial charge in [-0.1, -0.05) is 23.0 Å². The van der Waals surface area contributed by atoms with Crippen LogP contribution in [0.4, 0.5) is 10.3 Å². The van der Waals surface area contributed by atoms with Crippen LogP contribution >= 0.6 is 34.4 Å². The first-order valence-corrected chi connectivity index (χ1v) is 14.9. The number of nitrogen functional groups attached to an aromatic ring is 1. The molecule has 4 rings (SSSR count). The van der Waals surface area contributed by atoms with Crippen molar-refractivity contribution in [1.29, 1.82) is 0 Å². The number of fused-ring (bicyclic) bond motifs is 1. The van der Waals surface area contributed by atoms with Crippen molar-refractivity contribution in [3.05, 3.63) is 46.1 Å². The summed E-state index contributed by atoms with van der Waals surface area (Å²) in [7, 11) is 0. The highest BCUT2D eigenvalue weighted by Gasteiger charge is 2.54. The van der Waals surface area contributed by atoms with Crippen molar-refractivity contribution in [3.63, 3.8) is 0 Å². The molecule has 3 amide bonds. The molecule has 22 heteroatoms. The summed E-state index contributed by atoms with van der Waals surface area (Å²) in [6.45, 7) is 1.79. The number of hydrogen-bond donors (Lipinski definition) is 6. The number of rotatable bonds is 14. The molecule has 0 bridgehead atoms. The van der Waals surface area contributed by atoms with Crippen LogP contribution in [0.5, 0.6) is 0 Å². The predicted octanol–water partition coefficient (Wildman–Crippen LogP) is -0.644. The van der Waals surface area contributed by atoms with Crippen molar-refractivity contribution in [2.75, 3.05) is 30.0 Å². The van der Waals surface area contributed by atoms with E-state index in [4.69, 9.17) is 20.8 Å². The first-order chi connectivity index (χ1) is 21.4. The number of carbonyl (C=O) groups excluding carboxylic acids is 3. The number of nitrogens with one attached hydrogen (secondary N) is 2. The van der Waals surface area contributed by atoms with Crippen molar-refractivity contribution in [2.24, 2.45) is 10.3 Å². The van der Waals surface area contributed by atoms with E-state index in [2.05, 4.69) is 42.3 Å². The highest BCUT2D eigenvalue weighted by molar-refractivity contribution is 8.00. The molecule has 7 N–H and O–H groups in total. The lowest BCUT2D eigenvalue weighted by Gasteiger charge is -2.49. The van der Waals surface area contributed by atoms with E-state index >= 15 is 0 Å². The maximum atomic E-state index is 13.3. The molecule has 0 aromatic carbocycles. The molecule has 0 radical (unpaired) electrons. The van der Waals surface area contributed by atoms with Gasteiger partial charge in [0, 0.05) is 16.5 Å². The Hall–Kier alpha value is -5.35. The zero-order valence-corrected chi connectivity index (χ0v) is 24.8. The van der Waals surface area contributed by atoms with Crippen LogP contribution in [0.3, 0.4) is 0 Å². The van der Waals surface area contributed by atoms with Gasteiger partial charge in [0.05, 0.1) is 0 Å². The molecule has 2 aliphatic rings. The van der Waals surface area contributed by atoms with Crippen LogP contribution in [0, 0.1) is 0 Å². The van der Waals surface area contributed by atoms with Crippen LogP contribution in [0.15, 0.2) is 45.0 Å². The third kappa shape index (κ3) is 7.42. The number of carbonyl (C=O) groups is 6. The number of allylic oxidation sites excluding steroid dienone is 1. The highest BCUT2D eigenvalue weighted by atomic mass is 32.2. The van der Waals surface area contributed by atoms with Crippen LogP contribution in [-0.2, 0) is 38.4 Å². The van der Waals surface area contributed by atoms with Crippen LogP contribution in [0.2, 0.25) is 0 Å². The molecule has 2 aliphatic heterocycles. The number of anilines is 2. The number of β-lactam (4-membered cyclic amide) rings is 1. The average Bonchev–Trinajstić information content (AvgIpc) is 3.63. The van der Waals surface area contributed by atoms with E-state index in [1.54, 1.807) is 0 Å². The van der Waals surface area contributed by atoms with Gasteiger partial charge in [-0.2, -0.15) is 0 Å². The first-order valence-electron chi connectivity index (χ1n) is 12.1. The molecule has 0 aliphatic carbocycles. The molecule has 19 nitrogen and oxygen atoms in total. The number of thiazole rings is 2. The first kappa shape index (κ1) is 32.6. The van der Waals surface area contributed by atoms with E-state index in [-0.39, 0.29) is 33.1 Å². The van der Waals surface area contributed by atoms with Gasteiger partial charge < -0.3 is 36.0 Å². The molecule has 45 heavy (non-hydrogen) atoms. The quantitative estimate of drug-likeness (QED) is 0.0821. The Morgan fingerprint density at radius 1 is 1.02 bits per heavy atom. The fourth-order valence-corrected chi connectivity index (χ4v) is 6.29. The van der Waals surface area contributed by atoms with Crippen LogP contribution in [-0.4, -0.2) is 108 Å². The summed E-state index contributed by atoms with van der Waals surface area (Å²) >= 11 is 2.98. The lowest BCUT2D eigenvalue weighted by atomic mass is 10.0. The minimum absolute atomic E-state index is 0.0261. The van der Waals surface area contributed by atoms with Crippen molar-refractivity contribution in [1.82, 2.24) is 20.2 Å². The molecular weight excluding hydrogens is 660 g/mol. The molecular formula is C23H20N8O11S3. The summed E-state index contributed by atoms with van der Waals surface area (Å²) in [6.07, 6.45) is 1.33. The summed E-state index contributed by atoms with van der Waals surface area (Å²) in [5.74, 6) is -6.55. The number of carboxylic acids is 3. The molecule has 0 saturated carbocycles. The second-order valence-electron chi connectivity index (χ2n) is 8.52. The van der Waals surface area contributed by atoms with Gasteiger partial charge in [-0.15, -0.1) is 34.4 Å². The van der Waals surface area contributed by atoms with E-state index in [0.717, 1.165) is 27.6 Å². The topological polar surface area (TPSA) is 285 Å². The number of thioether (sulfide) groups is 1. The Morgan fingerprint density at radius 3 is 2.18 bits per heavy atom. The summed E-state index contributed by atoms with van der Waals surface area (Å²) in [5.41, 5.74) is 4.47. The minimum atomic E-state index is -1.40. The summed E-state index contributed by atoms with van der Waals surface area (Å²) in [5, 5.41) is 41.1. The van der Waals surface area contributed by atoms with Gasteiger partial charge in [0.1, 0.15) is 28.5 Å². The SMILES string of the molecule is C=CC1=C(C(=O)O)N2C(=O)[C@@H](NC(=O)/C(=N\OCC(=O)O)c3csc(NC(=O)/C(=N\OCC(=O)O)c4csc(N)n4)n3)[C@H]2SC1. The number of carboxylic acid groups (broad SMARTS) is 3. The third-order valence-electron chi connectivity index (χ3n) is 5.58. The van der Waals surface area contributed by atoms with E-state index < -0.39 is 71.7 Å². The minimum Gasteiger partial charge on any atom is -0.479 e. The highest BCUT2D eigenvalue weighted by Crippen LogP contribution is 2.40. The molecule has 0 unspecified atom stereocenters. The van der Waals surface area contributed by atoms with E-state index in [1.807, 2.05) is 0 Å². The van der Waals surface area contributed by atoms with Crippen molar-refractivity contribution >= 4 is 91.8 Å². The van der Waals surface area contributed by atoms with E-state index in [1.165, 1.54) is 28.6 Å².